The molecule has 2 heterocycles. The van der Waals surface area contributed by atoms with Gasteiger partial charge in [-0.2, -0.15) is 9.71 Å². The van der Waals surface area contributed by atoms with E-state index >= 15 is 0 Å². The van der Waals surface area contributed by atoms with Crippen molar-refractivity contribution in [2.24, 2.45) is 0 Å². The van der Waals surface area contributed by atoms with Crippen LogP contribution in [-0.2, 0) is 16.6 Å². The van der Waals surface area contributed by atoms with E-state index in [4.69, 9.17) is 4.52 Å². The van der Waals surface area contributed by atoms with Crippen molar-refractivity contribution >= 4 is 32.4 Å². The Morgan fingerprint density at radius 3 is 2.59 bits per heavy atom. The van der Waals surface area contributed by atoms with Gasteiger partial charge in [-0.15, -0.1) is 10.2 Å². The van der Waals surface area contributed by atoms with E-state index in [2.05, 4.69) is 30.4 Å². The van der Waals surface area contributed by atoms with E-state index in [0.717, 1.165) is 28.0 Å². The van der Waals surface area contributed by atoms with Gasteiger partial charge in [-0.3, -0.25) is 10.1 Å². The maximum Gasteiger partial charge on any atom is 0.270 e. The van der Waals surface area contributed by atoms with Crippen molar-refractivity contribution in [3.8, 4) is 11.4 Å². The quantitative estimate of drug-likeness (QED) is 0.393. The lowest BCUT2D eigenvalue weighted by molar-refractivity contribution is 0.102. The molecule has 4 aromatic rings. The molecule has 0 saturated heterocycles. The lowest BCUT2D eigenvalue weighted by atomic mass is 10.1. The molecule has 0 spiro atoms. The number of anilines is 1. The molecule has 0 atom stereocenters. The molecule has 0 unspecified atom stereocenters. The lowest BCUT2D eigenvalue weighted by Crippen LogP contribution is -2.23. The minimum absolute atomic E-state index is 0.0653. The van der Waals surface area contributed by atoms with E-state index in [1.54, 1.807) is 24.3 Å². The highest BCUT2D eigenvalue weighted by molar-refractivity contribution is 7.91. The molecule has 0 radical (unpaired) electrons. The van der Waals surface area contributed by atoms with Crippen LogP contribution in [0.4, 0.5) is 5.13 Å². The maximum atomic E-state index is 12.5. The lowest BCUT2D eigenvalue weighted by Gasteiger charge is -2.01. The number of amides is 1. The zero-order valence-electron chi connectivity index (χ0n) is 17.1. The number of aryl methyl sites for hydroxylation is 2. The van der Waals surface area contributed by atoms with Crippen molar-refractivity contribution in [2.75, 3.05) is 5.32 Å². The summed E-state index contributed by atoms with van der Waals surface area (Å²) < 4.78 is 32.2. The van der Waals surface area contributed by atoms with Gasteiger partial charge in [0.05, 0.1) is 6.54 Å². The first-order valence-corrected chi connectivity index (χ1v) is 11.7. The van der Waals surface area contributed by atoms with Crippen LogP contribution in [0.1, 0.15) is 27.4 Å². The highest BCUT2D eigenvalue weighted by atomic mass is 32.2. The van der Waals surface area contributed by atoms with Crippen molar-refractivity contribution in [1.29, 1.82) is 0 Å². The van der Waals surface area contributed by atoms with Crippen LogP contribution in [-0.4, -0.2) is 34.7 Å². The third-order valence-corrected chi connectivity index (χ3v) is 6.94. The van der Waals surface area contributed by atoms with E-state index in [1.165, 1.54) is 0 Å². The number of aromatic nitrogens is 4. The van der Waals surface area contributed by atoms with E-state index in [0.29, 0.717) is 11.4 Å². The molecule has 0 aliphatic carbocycles. The van der Waals surface area contributed by atoms with Gasteiger partial charge in [0, 0.05) is 11.1 Å². The first kappa shape index (κ1) is 21.7. The van der Waals surface area contributed by atoms with Gasteiger partial charge >= 0.3 is 0 Å². The molecule has 2 aromatic heterocycles. The number of hydrogen-bond donors (Lipinski definition) is 2. The fraction of sp³-hybridized carbons (Fsp3) is 0.150. The van der Waals surface area contributed by atoms with Crippen LogP contribution in [0.15, 0.2) is 57.4 Å². The fourth-order valence-corrected chi connectivity index (χ4v) is 4.60. The average Bonchev–Trinajstić information content (AvgIpc) is 3.43. The van der Waals surface area contributed by atoms with E-state index in [9.17, 15) is 13.2 Å². The van der Waals surface area contributed by atoms with Gasteiger partial charge in [-0.05, 0) is 32.0 Å². The second kappa shape index (κ2) is 8.94. The van der Waals surface area contributed by atoms with E-state index in [1.807, 2.05) is 38.1 Å². The first-order valence-electron chi connectivity index (χ1n) is 9.41. The second-order valence-electron chi connectivity index (χ2n) is 6.90. The average molecular weight is 471 g/mol. The summed E-state index contributed by atoms with van der Waals surface area (Å²) in [7, 11) is -3.99. The van der Waals surface area contributed by atoms with E-state index < -0.39 is 15.9 Å². The topological polar surface area (TPSA) is 140 Å². The fourth-order valence-electron chi connectivity index (χ4n) is 2.69. The molecule has 0 saturated carbocycles. The Morgan fingerprint density at radius 2 is 1.84 bits per heavy atom. The number of sulfonamides is 1. The molecule has 164 valence electrons. The van der Waals surface area contributed by atoms with Crippen LogP contribution in [0.2, 0.25) is 0 Å². The van der Waals surface area contributed by atoms with Crippen LogP contribution < -0.4 is 10.0 Å². The number of carbonyl (C=O) groups excluding carboxylic acids is 1. The summed E-state index contributed by atoms with van der Waals surface area (Å²) in [5.74, 6) is 0.0509. The van der Waals surface area contributed by atoms with Gasteiger partial charge in [-0.25, -0.2) is 8.42 Å². The molecule has 0 aliphatic rings. The summed E-state index contributed by atoms with van der Waals surface area (Å²) in [6, 6.07) is 14.5. The summed E-state index contributed by atoms with van der Waals surface area (Å²) in [5, 5.41) is 13.9. The number of carbonyl (C=O) groups is 1. The molecule has 0 aliphatic heterocycles. The molecule has 0 bridgehead atoms. The molecule has 2 aromatic carbocycles. The molecule has 0 fully saturated rings. The third-order valence-electron chi connectivity index (χ3n) is 4.33. The molecule has 12 heteroatoms. The zero-order chi connectivity index (χ0) is 22.7. The Morgan fingerprint density at radius 1 is 1.06 bits per heavy atom. The molecule has 1 amide bonds. The van der Waals surface area contributed by atoms with Crippen molar-refractivity contribution in [2.45, 2.75) is 24.7 Å². The van der Waals surface area contributed by atoms with Gasteiger partial charge in [0.1, 0.15) is 0 Å². The van der Waals surface area contributed by atoms with E-state index in [-0.39, 0.29) is 21.9 Å². The van der Waals surface area contributed by atoms with Crippen LogP contribution in [0.3, 0.4) is 0 Å². The summed E-state index contributed by atoms with van der Waals surface area (Å²) >= 11 is 0.734. The van der Waals surface area contributed by atoms with Crippen molar-refractivity contribution in [1.82, 2.24) is 25.1 Å². The molecule has 10 nitrogen and oxygen atoms in total. The molecule has 32 heavy (non-hydrogen) atoms. The Kier molecular flexibility index (Phi) is 6.08. The predicted octanol–water partition coefficient (Wildman–Crippen LogP) is 2.94. The van der Waals surface area contributed by atoms with Crippen LogP contribution in [0.5, 0.6) is 0 Å². The molecular formula is C20H18N6O4S2. The van der Waals surface area contributed by atoms with Crippen molar-refractivity contribution < 1.29 is 17.7 Å². The number of nitrogens with zero attached hydrogens (tertiary/aromatic N) is 4. The Hall–Kier alpha value is -3.48. The minimum Gasteiger partial charge on any atom is -0.338 e. The largest absolute Gasteiger partial charge is 0.338 e. The number of rotatable bonds is 7. The SMILES string of the molecule is Cc1ccc(C(=O)Nc2nnc(S(=O)(=O)NCc3nc(-c4cccc(C)c4)no3)s2)cc1. The first-order chi connectivity index (χ1) is 15.3. The monoisotopic (exact) mass is 470 g/mol. The Labute approximate surface area is 187 Å². The Bertz CT molecular complexity index is 1360. The van der Waals surface area contributed by atoms with Gasteiger partial charge in [0.15, 0.2) is 0 Å². The second-order valence-corrected chi connectivity index (χ2v) is 9.82. The van der Waals surface area contributed by atoms with Crippen molar-refractivity contribution in [3.05, 3.63) is 71.1 Å². The number of hydrogen-bond acceptors (Lipinski definition) is 9. The Balaban J connectivity index is 1.40. The van der Waals surface area contributed by atoms with Gasteiger partial charge in [0.2, 0.25) is 21.2 Å². The predicted molar refractivity (Wildman–Crippen MR) is 118 cm³/mol. The normalized spacial score (nSPS) is 11.4. The smallest absolute Gasteiger partial charge is 0.270 e. The summed E-state index contributed by atoms with van der Waals surface area (Å²) in [6.45, 7) is 3.64. The summed E-state index contributed by atoms with van der Waals surface area (Å²) in [5.41, 5.74) is 3.25. The maximum absolute atomic E-state index is 12.5. The van der Waals surface area contributed by atoms with Gasteiger partial charge in [-0.1, -0.05) is 58.0 Å². The van der Waals surface area contributed by atoms with Crippen LogP contribution in [0.25, 0.3) is 11.4 Å². The summed E-state index contributed by atoms with van der Waals surface area (Å²) in [6.07, 6.45) is 0. The standard InChI is InChI=1S/C20H18N6O4S2/c1-12-6-8-14(9-7-12)18(27)23-19-24-25-20(31-19)32(28,29)21-11-16-22-17(26-30-16)15-5-3-4-13(2)10-15/h3-10,21H,11H2,1-2H3,(H,23,24,27). The zero-order valence-corrected chi connectivity index (χ0v) is 18.7. The summed E-state index contributed by atoms with van der Waals surface area (Å²) in [4.78, 5) is 16.5. The molecule has 2 N–H and O–H groups in total. The number of benzene rings is 2. The van der Waals surface area contributed by atoms with Crippen molar-refractivity contribution in [3.63, 3.8) is 0 Å². The van der Waals surface area contributed by atoms with Crippen LogP contribution >= 0.6 is 11.3 Å². The minimum atomic E-state index is -3.99. The number of nitrogens with one attached hydrogen (secondary N) is 2. The van der Waals surface area contributed by atoms with Crippen LogP contribution in [0, 0.1) is 13.8 Å². The highest BCUT2D eigenvalue weighted by Gasteiger charge is 2.22. The van der Waals surface area contributed by atoms with Gasteiger partial charge in [0.25, 0.3) is 15.9 Å². The third kappa shape index (κ3) is 5.04. The molecular weight excluding hydrogens is 452 g/mol. The molecule has 4 rings (SSSR count). The van der Waals surface area contributed by atoms with Gasteiger partial charge < -0.3 is 4.52 Å². The highest BCUT2D eigenvalue weighted by Crippen LogP contribution is 2.21.